The Kier molecular flexibility index (Phi) is 7.77. The second-order valence-corrected chi connectivity index (χ2v) is 9.92. The zero-order chi connectivity index (χ0) is 28.2. The topological polar surface area (TPSA) is 132 Å². The number of carbonyl (C=O) groups is 3. The van der Waals surface area contributed by atoms with E-state index < -0.39 is 5.82 Å². The van der Waals surface area contributed by atoms with Gasteiger partial charge < -0.3 is 25.9 Å². The second-order valence-electron chi connectivity index (χ2n) is 9.92. The minimum Gasteiger partial charge on any atom is -0.360 e. The number of H-pyrrole nitrogens is 2. The highest BCUT2D eigenvalue weighted by molar-refractivity contribution is 6.35. The van der Waals surface area contributed by atoms with Crippen LogP contribution in [0.1, 0.15) is 68.9 Å². The zero-order valence-electron chi connectivity index (χ0n) is 22.4. The van der Waals surface area contributed by atoms with Gasteiger partial charge in [-0.1, -0.05) is 12.8 Å². The molecule has 0 spiro atoms. The average Bonchev–Trinajstić information content (AvgIpc) is 3.58. The first kappa shape index (κ1) is 26.9. The summed E-state index contributed by atoms with van der Waals surface area (Å²) in [7, 11) is 0. The molecule has 1 aliphatic heterocycles. The van der Waals surface area contributed by atoms with Crippen LogP contribution in [-0.2, 0) is 4.79 Å². The minimum absolute atomic E-state index is 0.122. The van der Waals surface area contributed by atoms with E-state index in [0.29, 0.717) is 52.4 Å². The maximum Gasteiger partial charge on any atom is 0.256 e. The Morgan fingerprint density at radius 2 is 1.77 bits per heavy atom. The van der Waals surface area contributed by atoms with E-state index in [2.05, 4.69) is 30.9 Å². The molecular weight excluding hydrogens is 511 g/mol. The molecular formula is C30H31FN6O3. The van der Waals surface area contributed by atoms with Crippen molar-refractivity contribution in [3.63, 3.8) is 0 Å². The van der Waals surface area contributed by atoms with E-state index in [1.165, 1.54) is 18.2 Å². The third-order valence-electron chi connectivity index (χ3n) is 7.16. The predicted octanol–water partition coefficient (Wildman–Crippen LogP) is 4.86. The number of rotatable bonds is 10. The van der Waals surface area contributed by atoms with Crippen molar-refractivity contribution in [2.24, 2.45) is 0 Å². The lowest BCUT2D eigenvalue weighted by molar-refractivity contribution is -0.110. The Bertz CT molecular complexity index is 1630. The summed E-state index contributed by atoms with van der Waals surface area (Å²) in [5.41, 5.74) is 5.47. The number of aromatic amines is 2. The molecule has 40 heavy (non-hydrogen) atoms. The van der Waals surface area contributed by atoms with Crippen molar-refractivity contribution in [3.05, 3.63) is 82.3 Å². The largest absolute Gasteiger partial charge is 0.360 e. The number of aromatic nitrogens is 3. The number of carbonyl (C=O) groups excluding carboxylic acids is 3. The fraction of sp³-hybridized carbons (Fsp3) is 0.267. The molecule has 0 aliphatic carbocycles. The van der Waals surface area contributed by atoms with Crippen LogP contribution in [0.3, 0.4) is 0 Å². The molecule has 0 atom stereocenters. The number of unbranched alkanes of at least 4 members (excludes halogenated alkanes) is 3. The van der Waals surface area contributed by atoms with Crippen molar-refractivity contribution in [3.8, 4) is 0 Å². The SMILES string of the molecule is Cc1[nH]c(/C=C2\C(=O)Nc3ccc(F)cc32)c(C)c1C(=O)NCCCCCCNC(=O)c1c[nH]c2ccncc12. The third kappa shape index (κ3) is 5.51. The minimum atomic E-state index is -0.423. The van der Waals surface area contributed by atoms with Gasteiger partial charge >= 0.3 is 0 Å². The quantitative estimate of drug-likeness (QED) is 0.145. The first-order valence-corrected chi connectivity index (χ1v) is 13.3. The van der Waals surface area contributed by atoms with Gasteiger partial charge in [0.25, 0.3) is 17.7 Å². The summed E-state index contributed by atoms with van der Waals surface area (Å²) in [5, 5.41) is 9.47. The number of hydrogen-bond donors (Lipinski definition) is 5. The van der Waals surface area contributed by atoms with E-state index in [1.54, 1.807) is 24.7 Å². The number of nitrogens with one attached hydrogen (secondary N) is 5. The summed E-state index contributed by atoms with van der Waals surface area (Å²) in [6.45, 7) is 4.74. The van der Waals surface area contributed by atoms with Gasteiger partial charge in [-0.15, -0.1) is 0 Å². The number of hydrogen-bond acceptors (Lipinski definition) is 4. The van der Waals surface area contributed by atoms with Gasteiger partial charge in [0.15, 0.2) is 0 Å². The molecule has 9 nitrogen and oxygen atoms in total. The number of benzene rings is 1. The molecule has 1 aliphatic rings. The molecule has 4 heterocycles. The molecule has 5 rings (SSSR count). The van der Waals surface area contributed by atoms with E-state index >= 15 is 0 Å². The van der Waals surface area contributed by atoms with Crippen molar-refractivity contribution in [1.82, 2.24) is 25.6 Å². The fourth-order valence-electron chi connectivity index (χ4n) is 5.05. The number of amides is 3. The van der Waals surface area contributed by atoms with Gasteiger partial charge in [0.1, 0.15) is 5.82 Å². The van der Waals surface area contributed by atoms with E-state index in [-0.39, 0.29) is 17.7 Å². The molecule has 1 aromatic carbocycles. The molecule has 3 amide bonds. The fourth-order valence-corrected chi connectivity index (χ4v) is 5.05. The molecule has 0 fully saturated rings. The normalized spacial score (nSPS) is 13.5. The van der Waals surface area contributed by atoms with Gasteiger partial charge in [-0.2, -0.15) is 0 Å². The van der Waals surface area contributed by atoms with Crippen LogP contribution in [0.15, 0.2) is 42.9 Å². The lowest BCUT2D eigenvalue weighted by Crippen LogP contribution is -2.25. The molecule has 5 N–H and O–H groups in total. The van der Waals surface area contributed by atoms with Crippen LogP contribution < -0.4 is 16.0 Å². The van der Waals surface area contributed by atoms with Crippen LogP contribution in [0.2, 0.25) is 0 Å². The van der Waals surface area contributed by atoms with Gasteiger partial charge in [-0.3, -0.25) is 19.4 Å². The Labute approximate surface area is 230 Å². The highest BCUT2D eigenvalue weighted by atomic mass is 19.1. The van der Waals surface area contributed by atoms with Gasteiger partial charge in [-0.25, -0.2) is 4.39 Å². The van der Waals surface area contributed by atoms with Crippen molar-refractivity contribution in [2.75, 3.05) is 18.4 Å². The molecule has 0 unspecified atom stereocenters. The number of pyridine rings is 1. The van der Waals surface area contributed by atoms with Crippen molar-refractivity contribution in [2.45, 2.75) is 39.5 Å². The second kappa shape index (κ2) is 11.6. The monoisotopic (exact) mass is 542 g/mol. The van der Waals surface area contributed by atoms with E-state index in [9.17, 15) is 18.8 Å². The summed E-state index contributed by atoms with van der Waals surface area (Å²) < 4.78 is 13.8. The standard InChI is InChI=1S/C30H31FN6O3/c1-17-26(14-21-20-13-19(31)7-8-25(20)37-29(21)39)36-18(2)27(17)30(40)34-11-6-4-3-5-10-33-28(38)23-16-35-24-9-12-32-15-22(23)24/h7-9,12-16,35-36H,3-6,10-11H2,1-2H3,(H,33,38)(H,34,40)(H,37,39)/b21-14-. The molecule has 4 aromatic rings. The zero-order valence-corrected chi connectivity index (χ0v) is 22.4. The summed E-state index contributed by atoms with van der Waals surface area (Å²) in [4.78, 5) is 48.2. The van der Waals surface area contributed by atoms with Crippen LogP contribution in [0, 0.1) is 19.7 Å². The van der Waals surface area contributed by atoms with Crippen LogP contribution in [-0.4, -0.2) is 45.8 Å². The van der Waals surface area contributed by atoms with Crippen LogP contribution in [0.25, 0.3) is 22.6 Å². The lowest BCUT2D eigenvalue weighted by atomic mass is 10.0. The molecule has 0 bridgehead atoms. The molecule has 206 valence electrons. The highest BCUT2D eigenvalue weighted by Gasteiger charge is 2.26. The van der Waals surface area contributed by atoms with Gasteiger partial charge in [0.2, 0.25) is 0 Å². The van der Waals surface area contributed by atoms with Gasteiger partial charge in [-0.05, 0) is 62.6 Å². The van der Waals surface area contributed by atoms with Gasteiger partial charge in [0.05, 0.1) is 16.7 Å². The highest BCUT2D eigenvalue weighted by Crippen LogP contribution is 2.34. The maximum absolute atomic E-state index is 13.8. The number of aryl methyl sites for hydroxylation is 1. The third-order valence-corrected chi connectivity index (χ3v) is 7.16. The van der Waals surface area contributed by atoms with Crippen LogP contribution in [0.4, 0.5) is 10.1 Å². The van der Waals surface area contributed by atoms with Crippen molar-refractivity contribution >= 4 is 46.0 Å². The average molecular weight is 543 g/mol. The van der Waals surface area contributed by atoms with Crippen LogP contribution in [0.5, 0.6) is 0 Å². The van der Waals surface area contributed by atoms with E-state index in [1.807, 2.05) is 19.9 Å². The molecule has 3 aromatic heterocycles. The Balaban J connectivity index is 1.07. The number of halogens is 1. The number of nitrogens with zero attached hydrogens (tertiary/aromatic N) is 1. The maximum atomic E-state index is 13.8. The molecule has 0 saturated heterocycles. The van der Waals surface area contributed by atoms with Crippen LogP contribution >= 0.6 is 0 Å². The van der Waals surface area contributed by atoms with Gasteiger partial charge in [0, 0.05) is 65.2 Å². The first-order valence-electron chi connectivity index (χ1n) is 13.3. The molecule has 0 saturated carbocycles. The predicted molar refractivity (Wildman–Crippen MR) is 152 cm³/mol. The first-order chi connectivity index (χ1) is 19.3. The summed E-state index contributed by atoms with van der Waals surface area (Å²) in [6, 6.07) is 6.00. The Morgan fingerprint density at radius 3 is 2.55 bits per heavy atom. The molecule has 0 radical (unpaired) electrons. The van der Waals surface area contributed by atoms with E-state index in [4.69, 9.17) is 0 Å². The molecule has 10 heteroatoms. The summed E-state index contributed by atoms with van der Waals surface area (Å²) in [5.74, 6) is -1.04. The lowest BCUT2D eigenvalue weighted by Gasteiger charge is -2.07. The van der Waals surface area contributed by atoms with Crippen molar-refractivity contribution < 1.29 is 18.8 Å². The summed E-state index contributed by atoms with van der Waals surface area (Å²) in [6.07, 6.45) is 10.2. The smallest absolute Gasteiger partial charge is 0.256 e. The number of fused-ring (bicyclic) bond motifs is 2. The van der Waals surface area contributed by atoms with Crippen molar-refractivity contribution in [1.29, 1.82) is 0 Å². The Morgan fingerprint density at radius 1 is 1.02 bits per heavy atom. The van der Waals surface area contributed by atoms with E-state index in [0.717, 1.165) is 42.1 Å². The summed E-state index contributed by atoms with van der Waals surface area (Å²) >= 11 is 0. The Hall–Kier alpha value is -4.73. The number of anilines is 1.